The lowest BCUT2D eigenvalue weighted by molar-refractivity contribution is 0.0999. The van der Waals surface area contributed by atoms with Crippen molar-refractivity contribution in [2.75, 3.05) is 18.0 Å². The second-order valence-corrected chi connectivity index (χ2v) is 6.26. The molecular formula is C14H18BrN3O. The molecule has 2 saturated heterocycles. The van der Waals surface area contributed by atoms with E-state index in [0.29, 0.717) is 17.6 Å². The van der Waals surface area contributed by atoms with Gasteiger partial charge in [0.1, 0.15) is 0 Å². The molecule has 2 unspecified atom stereocenters. The molecule has 1 aromatic rings. The zero-order chi connectivity index (χ0) is 13.4. The molecule has 3 N–H and O–H groups in total. The number of halogens is 1. The molecule has 0 aromatic heterocycles. The maximum absolute atomic E-state index is 11.2. The van der Waals surface area contributed by atoms with Gasteiger partial charge >= 0.3 is 0 Å². The van der Waals surface area contributed by atoms with Gasteiger partial charge in [-0.2, -0.15) is 0 Å². The summed E-state index contributed by atoms with van der Waals surface area (Å²) in [5.74, 6) is -0.394. The summed E-state index contributed by atoms with van der Waals surface area (Å²) >= 11 is 3.43. The largest absolute Gasteiger partial charge is 0.370 e. The van der Waals surface area contributed by atoms with Gasteiger partial charge in [-0.3, -0.25) is 4.79 Å². The summed E-state index contributed by atoms with van der Waals surface area (Å²) < 4.78 is 0.778. The monoisotopic (exact) mass is 323 g/mol. The number of benzene rings is 1. The zero-order valence-corrected chi connectivity index (χ0v) is 12.3. The fraction of sp³-hybridized carbons (Fsp3) is 0.500. The number of primary amides is 1. The van der Waals surface area contributed by atoms with Gasteiger partial charge in [0.2, 0.25) is 5.91 Å². The van der Waals surface area contributed by atoms with Crippen LogP contribution in [0.1, 0.15) is 29.6 Å². The van der Waals surface area contributed by atoms with E-state index in [1.54, 1.807) is 6.07 Å². The SMILES string of the molecule is NC(=O)c1ccc(N2CCC3CCC(C2)N3)cc1Br. The molecule has 4 nitrogen and oxygen atoms in total. The highest BCUT2D eigenvalue weighted by Crippen LogP contribution is 2.28. The molecule has 0 spiro atoms. The van der Waals surface area contributed by atoms with Gasteiger partial charge < -0.3 is 16.0 Å². The van der Waals surface area contributed by atoms with Crippen molar-refractivity contribution in [2.24, 2.45) is 5.73 Å². The summed E-state index contributed by atoms with van der Waals surface area (Å²) in [5, 5.41) is 3.67. The van der Waals surface area contributed by atoms with Crippen LogP contribution >= 0.6 is 15.9 Å². The number of hydrogen-bond donors (Lipinski definition) is 2. The first-order chi connectivity index (χ1) is 9.13. The van der Waals surface area contributed by atoms with Crippen LogP contribution in [0.2, 0.25) is 0 Å². The van der Waals surface area contributed by atoms with E-state index in [2.05, 4.69) is 26.1 Å². The molecule has 3 rings (SSSR count). The molecule has 102 valence electrons. The van der Waals surface area contributed by atoms with E-state index in [1.165, 1.54) is 19.3 Å². The quantitative estimate of drug-likeness (QED) is 0.873. The number of carbonyl (C=O) groups excluding carboxylic acids is 1. The number of nitrogens with zero attached hydrogens (tertiary/aromatic N) is 1. The Morgan fingerprint density at radius 3 is 2.84 bits per heavy atom. The van der Waals surface area contributed by atoms with Crippen LogP contribution in [0.15, 0.2) is 22.7 Å². The Bertz CT molecular complexity index is 505. The van der Waals surface area contributed by atoms with Crippen molar-refractivity contribution in [3.05, 3.63) is 28.2 Å². The number of carbonyl (C=O) groups is 1. The Hall–Kier alpha value is -1.07. The number of fused-ring (bicyclic) bond motifs is 2. The van der Waals surface area contributed by atoms with Gasteiger partial charge in [0.25, 0.3) is 0 Å². The van der Waals surface area contributed by atoms with Crippen LogP contribution in [0.3, 0.4) is 0 Å². The molecule has 2 heterocycles. The number of rotatable bonds is 2. The summed E-state index contributed by atoms with van der Waals surface area (Å²) in [4.78, 5) is 13.6. The lowest BCUT2D eigenvalue weighted by atomic mass is 10.1. The summed E-state index contributed by atoms with van der Waals surface area (Å²) in [6.07, 6.45) is 3.76. The highest BCUT2D eigenvalue weighted by Gasteiger charge is 2.29. The maximum atomic E-state index is 11.2. The highest BCUT2D eigenvalue weighted by molar-refractivity contribution is 9.10. The molecule has 0 radical (unpaired) electrons. The Morgan fingerprint density at radius 2 is 2.11 bits per heavy atom. The van der Waals surface area contributed by atoms with Gasteiger partial charge in [-0.05, 0) is 53.4 Å². The Labute approximate surface area is 121 Å². The molecule has 1 amide bonds. The van der Waals surface area contributed by atoms with Crippen molar-refractivity contribution in [3.63, 3.8) is 0 Å². The predicted molar refractivity (Wildman–Crippen MR) is 79.4 cm³/mol. The maximum Gasteiger partial charge on any atom is 0.249 e. The molecule has 19 heavy (non-hydrogen) atoms. The molecule has 2 aliphatic heterocycles. The van der Waals surface area contributed by atoms with Crippen LogP contribution < -0.4 is 16.0 Å². The number of nitrogens with two attached hydrogens (primary N) is 1. The first-order valence-electron chi connectivity index (χ1n) is 6.74. The van der Waals surface area contributed by atoms with Gasteiger partial charge in [-0.15, -0.1) is 0 Å². The minimum absolute atomic E-state index is 0.394. The van der Waals surface area contributed by atoms with Crippen LogP contribution in [0.4, 0.5) is 5.69 Å². The van der Waals surface area contributed by atoms with Crippen LogP contribution in [0, 0.1) is 0 Å². The van der Waals surface area contributed by atoms with Crippen molar-refractivity contribution < 1.29 is 4.79 Å². The summed E-state index contributed by atoms with van der Waals surface area (Å²) in [5.41, 5.74) is 7.02. The third kappa shape index (κ3) is 2.62. The second-order valence-electron chi connectivity index (χ2n) is 5.40. The first-order valence-corrected chi connectivity index (χ1v) is 7.53. The van der Waals surface area contributed by atoms with Crippen molar-refractivity contribution >= 4 is 27.5 Å². The smallest absolute Gasteiger partial charge is 0.249 e. The lowest BCUT2D eigenvalue weighted by Crippen LogP contribution is -2.35. The van der Waals surface area contributed by atoms with Gasteiger partial charge in [-0.25, -0.2) is 0 Å². The van der Waals surface area contributed by atoms with E-state index in [1.807, 2.05) is 12.1 Å². The minimum Gasteiger partial charge on any atom is -0.370 e. The van der Waals surface area contributed by atoms with E-state index in [4.69, 9.17) is 5.73 Å². The zero-order valence-electron chi connectivity index (χ0n) is 10.7. The fourth-order valence-electron chi connectivity index (χ4n) is 3.08. The first kappa shape index (κ1) is 12.9. The van der Waals surface area contributed by atoms with Gasteiger partial charge in [0, 0.05) is 35.3 Å². The number of anilines is 1. The Kier molecular flexibility index (Phi) is 3.50. The molecule has 2 aliphatic rings. The van der Waals surface area contributed by atoms with Gasteiger partial charge in [0.15, 0.2) is 0 Å². The van der Waals surface area contributed by atoms with Crippen LogP contribution in [-0.4, -0.2) is 31.1 Å². The van der Waals surface area contributed by atoms with Crippen LogP contribution in [0.5, 0.6) is 0 Å². The fourth-order valence-corrected chi connectivity index (χ4v) is 3.64. The van der Waals surface area contributed by atoms with E-state index in [0.717, 1.165) is 23.2 Å². The van der Waals surface area contributed by atoms with Crippen LogP contribution in [-0.2, 0) is 0 Å². The molecule has 2 atom stereocenters. The molecule has 5 heteroatoms. The normalized spacial score (nSPS) is 26.3. The van der Waals surface area contributed by atoms with Crippen molar-refractivity contribution in [1.29, 1.82) is 0 Å². The van der Waals surface area contributed by atoms with Gasteiger partial charge in [-0.1, -0.05) is 0 Å². The topological polar surface area (TPSA) is 58.4 Å². The highest BCUT2D eigenvalue weighted by atomic mass is 79.9. The molecular weight excluding hydrogens is 306 g/mol. The molecule has 2 bridgehead atoms. The molecule has 1 aromatic carbocycles. The standard InChI is InChI=1S/C14H18BrN3O/c15-13-7-11(3-4-12(13)14(16)19)18-6-5-9-1-2-10(8-18)17-9/h3-4,7,9-10,17H,1-2,5-6,8H2,(H2,16,19). The average Bonchev–Trinajstić information content (AvgIpc) is 2.68. The van der Waals surface area contributed by atoms with E-state index in [-0.39, 0.29) is 0 Å². The summed E-state index contributed by atoms with van der Waals surface area (Å²) in [6, 6.07) is 7.08. The Morgan fingerprint density at radius 1 is 1.32 bits per heavy atom. The summed E-state index contributed by atoms with van der Waals surface area (Å²) in [7, 11) is 0. The molecule has 0 aliphatic carbocycles. The number of nitrogens with one attached hydrogen (secondary N) is 1. The number of hydrogen-bond acceptors (Lipinski definition) is 3. The van der Waals surface area contributed by atoms with Crippen molar-refractivity contribution in [1.82, 2.24) is 5.32 Å². The summed E-state index contributed by atoms with van der Waals surface area (Å²) in [6.45, 7) is 2.11. The van der Waals surface area contributed by atoms with Crippen molar-refractivity contribution in [2.45, 2.75) is 31.3 Å². The van der Waals surface area contributed by atoms with Crippen LogP contribution in [0.25, 0.3) is 0 Å². The van der Waals surface area contributed by atoms with E-state index >= 15 is 0 Å². The Balaban J connectivity index is 1.82. The third-order valence-electron chi connectivity index (χ3n) is 4.11. The van der Waals surface area contributed by atoms with E-state index in [9.17, 15) is 4.79 Å². The lowest BCUT2D eigenvalue weighted by Gasteiger charge is -2.26. The van der Waals surface area contributed by atoms with Gasteiger partial charge in [0.05, 0.1) is 5.56 Å². The second kappa shape index (κ2) is 5.13. The molecule has 0 saturated carbocycles. The predicted octanol–water partition coefficient (Wildman–Crippen LogP) is 1.88. The minimum atomic E-state index is -0.394. The van der Waals surface area contributed by atoms with E-state index < -0.39 is 5.91 Å². The average molecular weight is 324 g/mol. The molecule has 2 fully saturated rings. The van der Waals surface area contributed by atoms with Crippen molar-refractivity contribution in [3.8, 4) is 0 Å². The third-order valence-corrected chi connectivity index (χ3v) is 4.76. The number of amides is 1.